The van der Waals surface area contributed by atoms with E-state index in [2.05, 4.69) is 25.2 Å². The van der Waals surface area contributed by atoms with Crippen LogP contribution in [0.15, 0.2) is 18.2 Å². The van der Waals surface area contributed by atoms with Crippen LogP contribution in [-0.4, -0.2) is 18.8 Å². The van der Waals surface area contributed by atoms with E-state index in [9.17, 15) is 5.26 Å². The number of hydrogen-bond donors (Lipinski definition) is 1. The van der Waals surface area contributed by atoms with Gasteiger partial charge in [0.2, 0.25) is 0 Å². The first-order valence-corrected chi connectivity index (χ1v) is 6.99. The van der Waals surface area contributed by atoms with Crippen LogP contribution in [0.2, 0.25) is 0 Å². The van der Waals surface area contributed by atoms with Crippen LogP contribution in [0.4, 0.5) is 5.69 Å². The van der Waals surface area contributed by atoms with Crippen molar-refractivity contribution in [3.05, 3.63) is 29.3 Å². The summed E-state index contributed by atoms with van der Waals surface area (Å²) in [6.07, 6.45) is 2.33. The molecule has 2 unspecified atom stereocenters. The quantitative estimate of drug-likeness (QED) is 0.902. The lowest BCUT2D eigenvalue weighted by atomic mass is 9.95. The molecule has 3 nitrogen and oxygen atoms in total. The van der Waals surface area contributed by atoms with Crippen molar-refractivity contribution in [3.63, 3.8) is 0 Å². The number of nitrogens with zero attached hydrogens (tertiary/aromatic N) is 1. The molecule has 0 saturated carbocycles. The smallest absolute Gasteiger partial charge is 0.102 e. The number of aryl methyl sites for hydroxylation is 1. The third-order valence-electron chi connectivity index (χ3n) is 3.80. The Morgan fingerprint density at radius 2 is 2.21 bits per heavy atom. The van der Waals surface area contributed by atoms with Gasteiger partial charge in [-0.15, -0.1) is 0 Å². The predicted octanol–water partition coefficient (Wildman–Crippen LogP) is 3.48. The van der Waals surface area contributed by atoms with E-state index >= 15 is 0 Å². The lowest BCUT2D eigenvalue weighted by Crippen LogP contribution is -2.36. The van der Waals surface area contributed by atoms with E-state index in [1.165, 1.54) is 0 Å². The van der Waals surface area contributed by atoms with Crippen molar-refractivity contribution in [2.75, 3.05) is 11.9 Å². The predicted molar refractivity (Wildman–Crippen MR) is 77.1 cm³/mol. The Kier molecular flexibility index (Phi) is 4.44. The fourth-order valence-electron chi connectivity index (χ4n) is 2.58. The van der Waals surface area contributed by atoms with Gasteiger partial charge in [0.25, 0.3) is 0 Å². The molecule has 3 heteroatoms. The second kappa shape index (κ2) is 6.08. The molecule has 1 heterocycles. The minimum absolute atomic E-state index is 0.321. The molecule has 0 radical (unpaired) electrons. The molecular weight excluding hydrogens is 236 g/mol. The topological polar surface area (TPSA) is 45.0 Å². The molecule has 0 bridgehead atoms. The third-order valence-corrected chi connectivity index (χ3v) is 3.80. The minimum atomic E-state index is 0.321. The Morgan fingerprint density at radius 3 is 2.89 bits per heavy atom. The van der Waals surface area contributed by atoms with E-state index in [4.69, 9.17) is 4.74 Å². The number of nitrogens with one attached hydrogen (secondary N) is 1. The molecule has 0 spiro atoms. The number of rotatable bonds is 3. The summed E-state index contributed by atoms with van der Waals surface area (Å²) in [5, 5.41) is 12.8. The molecule has 1 fully saturated rings. The summed E-state index contributed by atoms with van der Waals surface area (Å²) < 4.78 is 5.78. The van der Waals surface area contributed by atoms with Gasteiger partial charge < -0.3 is 10.1 Å². The lowest BCUT2D eigenvalue weighted by Gasteiger charge is -2.33. The first-order chi connectivity index (χ1) is 9.11. The standard InChI is InChI=1S/C16H22N2O/c1-11(2)16-9-13(7-8-19-16)18-15-6-4-5-12(3)14(15)10-17/h4-6,11,13,16,18H,7-9H2,1-3H3. The zero-order chi connectivity index (χ0) is 13.8. The van der Waals surface area contributed by atoms with E-state index in [-0.39, 0.29) is 0 Å². The van der Waals surface area contributed by atoms with Crippen molar-refractivity contribution < 1.29 is 4.74 Å². The molecule has 0 amide bonds. The molecule has 2 rings (SSSR count). The van der Waals surface area contributed by atoms with Crippen LogP contribution in [0.1, 0.15) is 37.8 Å². The van der Waals surface area contributed by atoms with Gasteiger partial charge in [0, 0.05) is 12.6 Å². The average molecular weight is 258 g/mol. The second-order valence-corrected chi connectivity index (χ2v) is 5.63. The van der Waals surface area contributed by atoms with Crippen molar-refractivity contribution in [3.8, 4) is 6.07 Å². The lowest BCUT2D eigenvalue weighted by molar-refractivity contribution is -0.0160. The fourth-order valence-corrected chi connectivity index (χ4v) is 2.58. The largest absolute Gasteiger partial charge is 0.381 e. The molecule has 19 heavy (non-hydrogen) atoms. The van der Waals surface area contributed by atoms with E-state index < -0.39 is 0 Å². The summed E-state index contributed by atoms with van der Waals surface area (Å²) in [6, 6.07) is 8.66. The Balaban J connectivity index is 2.09. The number of ether oxygens (including phenoxy) is 1. The van der Waals surface area contributed by atoms with Gasteiger partial charge in [-0.1, -0.05) is 26.0 Å². The Hall–Kier alpha value is -1.53. The van der Waals surface area contributed by atoms with E-state index in [1.807, 2.05) is 25.1 Å². The molecule has 102 valence electrons. The van der Waals surface area contributed by atoms with Crippen LogP contribution < -0.4 is 5.32 Å². The van der Waals surface area contributed by atoms with Gasteiger partial charge in [0.05, 0.1) is 17.4 Å². The van der Waals surface area contributed by atoms with Crippen LogP contribution in [0.25, 0.3) is 0 Å². The van der Waals surface area contributed by atoms with Gasteiger partial charge >= 0.3 is 0 Å². The maximum absolute atomic E-state index is 9.25. The highest BCUT2D eigenvalue weighted by Gasteiger charge is 2.25. The van der Waals surface area contributed by atoms with Crippen LogP contribution in [0.5, 0.6) is 0 Å². The Morgan fingerprint density at radius 1 is 1.42 bits per heavy atom. The zero-order valence-electron chi connectivity index (χ0n) is 11.9. The van der Waals surface area contributed by atoms with Crippen molar-refractivity contribution in [2.24, 2.45) is 5.92 Å². The van der Waals surface area contributed by atoms with Gasteiger partial charge in [-0.2, -0.15) is 5.26 Å². The summed E-state index contributed by atoms with van der Waals surface area (Å²) in [5.74, 6) is 0.539. The maximum Gasteiger partial charge on any atom is 0.102 e. The summed E-state index contributed by atoms with van der Waals surface area (Å²) in [6.45, 7) is 7.17. The van der Waals surface area contributed by atoms with E-state index in [0.717, 1.165) is 36.3 Å². The molecule has 1 aromatic rings. The summed E-state index contributed by atoms with van der Waals surface area (Å²) >= 11 is 0. The molecule has 1 aromatic carbocycles. The van der Waals surface area contributed by atoms with E-state index in [0.29, 0.717) is 18.1 Å². The molecule has 1 N–H and O–H groups in total. The summed E-state index contributed by atoms with van der Waals surface area (Å²) in [7, 11) is 0. The van der Waals surface area contributed by atoms with Gasteiger partial charge in [-0.05, 0) is 37.3 Å². The zero-order valence-corrected chi connectivity index (χ0v) is 11.9. The van der Waals surface area contributed by atoms with Crippen LogP contribution in [0.3, 0.4) is 0 Å². The van der Waals surface area contributed by atoms with Crippen molar-refractivity contribution in [1.29, 1.82) is 5.26 Å². The van der Waals surface area contributed by atoms with Crippen LogP contribution >= 0.6 is 0 Å². The molecule has 0 aliphatic carbocycles. The Bertz CT molecular complexity index is 476. The summed E-state index contributed by atoms with van der Waals surface area (Å²) in [4.78, 5) is 0. The highest BCUT2D eigenvalue weighted by Crippen LogP contribution is 2.25. The molecule has 1 saturated heterocycles. The molecule has 1 aliphatic rings. The SMILES string of the molecule is Cc1cccc(NC2CCOC(C(C)C)C2)c1C#N. The normalized spacial score (nSPS) is 23.1. The highest BCUT2D eigenvalue weighted by molar-refractivity contribution is 5.61. The first kappa shape index (κ1) is 13.9. The number of nitriles is 1. The monoisotopic (exact) mass is 258 g/mol. The van der Waals surface area contributed by atoms with Gasteiger partial charge in [-0.3, -0.25) is 0 Å². The molecule has 0 aromatic heterocycles. The number of anilines is 1. The first-order valence-electron chi connectivity index (χ1n) is 6.99. The second-order valence-electron chi connectivity index (χ2n) is 5.63. The van der Waals surface area contributed by atoms with Crippen molar-refractivity contribution in [2.45, 2.75) is 45.8 Å². The average Bonchev–Trinajstić information content (AvgIpc) is 2.39. The number of benzene rings is 1. The van der Waals surface area contributed by atoms with Crippen LogP contribution in [-0.2, 0) is 4.74 Å². The van der Waals surface area contributed by atoms with Gasteiger partial charge in [-0.25, -0.2) is 0 Å². The third kappa shape index (κ3) is 3.27. The van der Waals surface area contributed by atoms with E-state index in [1.54, 1.807) is 0 Å². The molecule has 1 aliphatic heterocycles. The van der Waals surface area contributed by atoms with Crippen LogP contribution in [0, 0.1) is 24.2 Å². The molecule has 2 atom stereocenters. The molecular formula is C16H22N2O. The summed E-state index contributed by atoms with van der Waals surface area (Å²) in [5.41, 5.74) is 2.74. The van der Waals surface area contributed by atoms with Gasteiger partial charge in [0.1, 0.15) is 6.07 Å². The van der Waals surface area contributed by atoms with Gasteiger partial charge in [0.15, 0.2) is 0 Å². The van der Waals surface area contributed by atoms with Crippen molar-refractivity contribution >= 4 is 5.69 Å². The minimum Gasteiger partial charge on any atom is -0.381 e. The highest BCUT2D eigenvalue weighted by atomic mass is 16.5. The fraction of sp³-hybridized carbons (Fsp3) is 0.562. The van der Waals surface area contributed by atoms with Crippen molar-refractivity contribution in [1.82, 2.24) is 0 Å². The number of hydrogen-bond acceptors (Lipinski definition) is 3. The maximum atomic E-state index is 9.25. The Labute approximate surface area is 115 Å².